The van der Waals surface area contributed by atoms with Gasteiger partial charge < -0.3 is 4.74 Å². The molecule has 1 aromatic carbocycles. The fourth-order valence-corrected chi connectivity index (χ4v) is 3.09. The average molecular weight is 402 g/mol. The Bertz CT molecular complexity index is 684. The summed E-state index contributed by atoms with van der Waals surface area (Å²) in [4.78, 5) is 12.2. The van der Waals surface area contributed by atoms with Crippen LogP contribution in [0.25, 0.3) is 0 Å². The Hall–Kier alpha value is -0.910. The number of carbonyl (C=O) groups is 1. The Balaban J connectivity index is 2.04. The third-order valence-electron chi connectivity index (χ3n) is 4.14. The lowest BCUT2D eigenvalue weighted by molar-refractivity contribution is -0.147. The van der Waals surface area contributed by atoms with Gasteiger partial charge in [-0.2, -0.15) is 13.2 Å². The number of esters is 1. The van der Waals surface area contributed by atoms with E-state index in [2.05, 4.69) is 0 Å². The number of allylic oxidation sites excluding steroid dienone is 2. The van der Waals surface area contributed by atoms with Crippen molar-refractivity contribution in [1.29, 1.82) is 0 Å². The summed E-state index contributed by atoms with van der Waals surface area (Å²) in [6.07, 6.45) is -3.75. The molecule has 0 aromatic heterocycles. The lowest BCUT2D eigenvalue weighted by Crippen LogP contribution is -2.11. The summed E-state index contributed by atoms with van der Waals surface area (Å²) in [5.41, 5.74) is -0.128. The molecule has 2 rings (SSSR count). The van der Waals surface area contributed by atoms with E-state index in [-0.39, 0.29) is 6.61 Å². The zero-order valence-electron chi connectivity index (χ0n) is 12.8. The molecular weight excluding hydrogens is 388 g/mol. The Morgan fingerprint density at radius 2 is 1.96 bits per heavy atom. The lowest BCUT2D eigenvalue weighted by atomic mass is 10.1. The fourth-order valence-electron chi connectivity index (χ4n) is 2.58. The Labute approximate surface area is 152 Å². The summed E-state index contributed by atoms with van der Waals surface area (Å²) in [7, 11) is 0. The molecule has 132 valence electrons. The Kier molecular flexibility index (Phi) is 5.48. The zero-order valence-corrected chi connectivity index (χ0v) is 15.0. The first-order chi connectivity index (χ1) is 10.9. The molecule has 2 nitrogen and oxygen atoms in total. The van der Waals surface area contributed by atoms with E-state index in [0.717, 1.165) is 6.08 Å². The minimum absolute atomic E-state index is 0.103. The predicted octanol–water partition coefficient (Wildman–Crippen LogP) is 5.99. The minimum Gasteiger partial charge on any atom is -0.461 e. The largest absolute Gasteiger partial charge is 0.461 e. The standard InChI is InChI=1S/C16H14Cl3F3O2/c1-15(2)10(6-12(19)16(20,21)22)13(15)14(23)24-7-8-5-9(17)3-4-11(8)18/h3-6,10,13H,7H2,1-2H3/b12-6-/t10-,13-/m1/s1. The highest BCUT2D eigenvalue weighted by Gasteiger charge is 2.62. The number of halogens is 6. The number of carbonyl (C=O) groups excluding carboxylic acids is 1. The second-order valence-corrected chi connectivity index (χ2v) is 7.43. The summed E-state index contributed by atoms with van der Waals surface area (Å²) in [5.74, 6) is -1.91. The predicted molar refractivity (Wildman–Crippen MR) is 87.0 cm³/mol. The van der Waals surface area contributed by atoms with Crippen LogP contribution in [-0.2, 0) is 16.1 Å². The van der Waals surface area contributed by atoms with Crippen LogP contribution in [0.5, 0.6) is 0 Å². The van der Waals surface area contributed by atoms with Crippen LogP contribution in [-0.4, -0.2) is 12.1 Å². The van der Waals surface area contributed by atoms with E-state index in [9.17, 15) is 18.0 Å². The van der Waals surface area contributed by atoms with Crippen LogP contribution in [0.15, 0.2) is 29.3 Å². The number of alkyl halides is 3. The van der Waals surface area contributed by atoms with E-state index in [1.165, 1.54) is 0 Å². The monoisotopic (exact) mass is 400 g/mol. The smallest absolute Gasteiger partial charge is 0.426 e. The highest BCUT2D eigenvalue weighted by Crippen LogP contribution is 2.60. The van der Waals surface area contributed by atoms with Crippen molar-refractivity contribution < 1.29 is 22.7 Å². The van der Waals surface area contributed by atoms with Gasteiger partial charge >= 0.3 is 12.1 Å². The fraction of sp³-hybridized carbons (Fsp3) is 0.438. The van der Waals surface area contributed by atoms with Crippen molar-refractivity contribution >= 4 is 40.8 Å². The summed E-state index contributed by atoms with van der Waals surface area (Å²) in [6.45, 7) is 3.27. The first-order valence-corrected chi connectivity index (χ1v) is 8.13. The first kappa shape index (κ1) is 19.4. The van der Waals surface area contributed by atoms with Crippen LogP contribution in [0.4, 0.5) is 13.2 Å². The highest BCUT2D eigenvalue weighted by atomic mass is 35.5. The van der Waals surface area contributed by atoms with Crippen LogP contribution < -0.4 is 0 Å². The van der Waals surface area contributed by atoms with Crippen molar-refractivity contribution in [3.63, 3.8) is 0 Å². The number of rotatable bonds is 4. The van der Waals surface area contributed by atoms with Gasteiger partial charge in [0.05, 0.1) is 5.92 Å². The lowest BCUT2D eigenvalue weighted by Gasteiger charge is -2.08. The van der Waals surface area contributed by atoms with Gasteiger partial charge in [0.1, 0.15) is 11.6 Å². The van der Waals surface area contributed by atoms with Crippen LogP contribution in [0.2, 0.25) is 10.0 Å². The van der Waals surface area contributed by atoms with Crippen LogP contribution >= 0.6 is 34.8 Å². The maximum Gasteiger partial charge on any atom is 0.426 e. The van der Waals surface area contributed by atoms with Crippen molar-refractivity contribution in [1.82, 2.24) is 0 Å². The minimum atomic E-state index is -4.62. The molecular formula is C16H14Cl3F3O2. The van der Waals surface area contributed by atoms with Crippen LogP contribution in [0.1, 0.15) is 19.4 Å². The van der Waals surface area contributed by atoms with Gasteiger partial charge in [-0.15, -0.1) is 0 Å². The van der Waals surface area contributed by atoms with E-state index in [1.807, 2.05) is 0 Å². The number of hydrogen-bond donors (Lipinski definition) is 0. The normalized spacial score (nSPS) is 23.1. The highest BCUT2D eigenvalue weighted by molar-refractivity contribution is 6.33. The van der Waals surface area contributed by atoms with E-state index < -0.39 is 34.4 Å². The van der Waals surface area contributed by atoms with Gasteiger partial charge in [-0.25, -0.2) is 0 Å². The number of hydrogen-bond acceptors (Lipinski definition) is 2. The summed E-state index contributed by atoms with van der Waals surface area (Å²) in [6, 6.07) is 4.73. The van der Waals surface area contributed by atoms with Crippen molar-refractivity contribution in [3.05, 3.63) is 44.9 Å². The molecule has 1 aliphatic carbocycles. The third kappa shape index (κ3) is 4.19. The quantitative estimate of drug-likeness (QED) is 0.579. The second-order valence-electron chi connectivity index (χ2n) is 6.18. The average Bonchev–Trinajstić information content (AvgIpc) is 2.99. The maximum absolute atomic E-state index is 12.5. The molecule has 0 unspecified atom stereocenters. The molecule has 0 heterocycles. The van der Waals surface area contributed by atoms with E-state index >= 15 is 0 Å². The van der Waals surface area contributed by atoms with Gasteiger partial charge in [0.25, 0.3) is 0 Å². The van der Waals surface area contributed by atoms with Crippen molar-refractivity contribution in [2.75, 3.05) is 0 Å². The molecule has 1 fully saturated rings. The van der Waals surface area contributed by atoms with Gasteiger partial charge in [0, 0.05) is 15.6 Å². The number of ether oxygens (including phenoxy) is 1. The summed E-state index contributed by atoms with van der Waals surface area (Å²) < 4.78 is 42.8. The molecule has 0 saturated heterocycles. The second kappa shape index (κ2) is 6.77. The summed E-state index contributed by atoms with van der Waals surface area (Å²) >= 11 is 17.1. The molecule has 24 heavy (non-hydrogen) atoms. The van der Waals surface area contributed by atoms with Gasteiger partial charge in [0.2, 0.25) is 0 Å². The van der Waals surface area contributed by atoms with Crippen LogP contribution in [0.3, 0.4) is 0 Å². The van der Waals surface area contributed by atoms with Crippen molar-refractivity contribution in [2.24, 2.45) is 17.3 Å². The molecule has 1 aliphatic rings. The SMILES string of the molecule is CC1(C)[C@H](/C=C(\Cl)C(F)(F)F)[C@@H]1C(=O)OCc1cc(Cl)ccc1Cl. The van der Waals surface area contributed by atoms with Crippen molar-refractivity contribution in [2.45, 2.75) is 26.6 Å². The molecule has 1 aromatic rings. The molecule has 1 saturated carbocycles. The summed E-state index contributed by atoms with van der Waals surface area (Å²) in [5, 5.41) is -0.400. The molecule has 0 bridgehead atoms. The zero-order chi connectivity index (χ0) is 18.3. The van der Waals surface area contributed by atoms with E-state index in [0.29, 0.717) is 15.6 Å². The molecule has 0 aliphatic heterocycles. The Morgan fingerprint density at radius 1 is 1.33 bits per heavy atom. The maximum atomic E-state index is 12.5. The Morgan fingerprint density at radius 3 is 2.54 bits per heavy atom. The van der Waals surface area contributed by atoms with Gasteiger partial charge in [-0.05, 0) is 29.5 Å². The molecule has 0 N–H and O–H groups in total. The number of benzene rings is 1. The third-order valence-corrected chi connectivity index (χ3v) is 5.08. The van der Waals surface area contributed by atoms with Gasteiger partial charge in [-0.3, -0.25) is 4.79 Å². The van der Waals surface area contributed by atoms with E-state index in [1.54, 1.807) is 32.0 Å². The molecule has 0 spiro atoms. The van der Waals surface area contributed by atoms with E-state index in [4.69, 9.17) is 39.5 Å². The molecule has 2 atom stereocenters. The van der Waals surface area contributed by atoms with Gasteiger partial charge in [-0.1, -0.05) is 54.7 Å². The van der Waals surface area contributed by atoms with Crippen molar-refractivity contribution in [3.8, 4) is 0 Å². The molecule has 0 amide bonds. The molecule has 0 radical (unpaired) electrons. The van der Waals surface area contributed by atoms with Gasteiger partial charge in [0.15, 0.2) is 0 Å². The van der Waals surface area contributed by atoms with Crippen LogP contribution in [0, 0.1) is 17.3 Å². The molecule has 8 heteroatoms. The first-order valence-electron chi connectivity index (χ1n) is 6.99. The topological polar surface area (TPSA) is 26.3 Å².